The van der Waals surface area contributed by atoms with Crippen LogP contribution >= 0.6 is 0 Å². The standard InChI is InChI=1S/C22H31N7O3/c1-8-29-13(2)15(10-25-29)17-26-16-18(27(17)7)23-12-24-19(16)32-14-9-22(6,21(3,4)5)28(11-14)20(30)31/h10,12,14H,8-9,11H2,1-7H3,(H,30,31). The van der Waals surface area contributed by atoms with Crippen molar-refractivity contribution in [2.75, 3.05) is 6.54 Å². The van der Waals surface area contributed by atoms with Gasteiger partial charge in [0, 0.05) is 25.7 Å². The zero-order chi connectivity index (χ0) is 23.4. The molecule has 1 aliphatic rings. The minimum Gasteiger partial charge on any atom is -0.471 e. The Balaban J connectivity index is 1.70. The molecule has 2 atom stereocenters. The van der Waals surface area contributed by atoms with Gasteiger partial charge in [-0.15, -0.1) is 0 Å². The summed E-state index contributed by atoms with van der Waals surface area (Å²) < 4.78 is 10.1. The lowest BCUT2D eigenvalue weighted by Gasteiger charge is -2.44. The lowest BCUT2D eigenvalue weighted by molar-refractivity contribution is 0.0442. The summed E-state index contributed by atoms with van der Waals surface area (Å²) in [7, 11) is 1.91. The molecule has 10 nitrogen and oxygen atoms in total. The van der Waals surface area contributed by atoms with Crippen LogP contribution in [0.4, 0.5) is 4.79 Å². The van der Waals surface area contributed by atoms with Gasteiger partial charge < -0.3 is 14.4 Å². The number of imidazole rings is 1. The fraction of sp³-hybridized carbons (Fsp3) is 0.591. The Hall–Kier alpha value is -3.17. The summed E-state index contributed by atoms with van der Waals surface area (Å²) in [4.78, 5) is 27.0. The van der Waals surface area contributed by atoms with E-state index in [1.807, 2.05) is 43.3 Å². The molecule has 10 heteroatoms. The Kier molecular flexibility index (Phi) is 5.14. The van der Waals surface area contributed by atoms with Crippen LogP contribution in [0.15, 0.2) is 12.5 Å². The second-order valence-electron chi connectivity index (χ2n) is 9.67. The molecule has 3 aromatic rings. The highest BCUT2D eigenvalue weighted by atomic mass is 16.5. The maximum Gasteiger partial charge on any atom is 0.407 e. The van der Waals surface area contributed by atoms with Gasteiger partial charge in [-0.2, -0.15) is 10.1 Å². The molecule has 1 amide bonds. The van der Waals surface area contributed by atoms with Gasteiger partial charge in [-0.3, -0.25) is 9.58 Å². The molecule has 32 heavy (non-hydrogen) atoms. The van der Waals surface area contributed by atoms with Gasteiger partial charge >= 0.3 is 6.09 Å². The van der Waals surface area contributed by atoms with Crippen molar-refractivity contribution in [3.63, 3.8) is 0 Å². The molecule has 172 valence electrons. The summed E-state index contributed by atoms with van der Waals surface area (Å²) in [5, 5.41) is 14.2. The first kappa shape index (κ1) is 22.0. The van der Waals surface area contributed by atoms with Gasteiger partial charge in [0.2, 0.25) is 5.88 Å². The Bertz CT molecular complexity index is 1180. The Morgan fingerprint density at radius 2 is 2.06 bits per heavy atom. The zero-order valence-corrected chi connectivity index (χ0v) is 19.7. The number of aromatic nitrogens is 6. The quantitative estimate of drug-likeness (QED) is 0.660. The second kappa shape index (κ2) is 7.46. The van der Waals surface area contributed by atoms with Crippen LogP contribution in [0.5, 0.6) is 5.88 Å². The number of carbonyl (C=O) groups is 1. The maximum atomic E-state index is 12.0. The number of aryl methyl sites for hydroxylation is 2. The molecule has 1 fully saturated rings. The Morgan fingerprint density at radius 3 is 2.62 bits per heavy atom. The minimum atomic E-state index is -0.940. The van der Waals surface area contributed by atoms with Crippen LogP contribution in [0.1, 0.15) is 46.7 Å². The molecule has 1 saturated heterocycles. The summed E-state index contributed by atoms with van der Waals surface area (Å²) in [5.74, 6) is 1.10. The van der Waals surface area contributed by atoms with Crippen molar-refractivity contribution in [1.82, 2.24) is 34.2 Å². The number of ether oxygens (including phenoxy) is 1. The molecule has 2 unspecified atom stereocenters. The highest BCUT2D eigenvalue weighted by molar-refractivity contribution is 5.81. The zero-order valence-electron chi connectivity index (χ0n) is 19.7. The third kappa shape index (κ3) is 3.28. The van der Waals surface area contributed by atoms with Gasteiger partial charge in [0.1, 0.15) is 18.3 Å². The molecule has 0 aromatic carbocycles. The van der Waals surface area contributed by atoms with E-state index >= 15 is 0 Å². The fourth-order valence-electron chi connectivity index (χ4n) is 4.55. The van der Waals surface area contributed by atoms with E-state index in [2.05, 4.69) is 35.8 Å². The first-order valence-electron chi connectivity index (χ1n) is 10.9. The van der Waals surface area contributed by atoms with Crippen LogP contribution in [-0.2, 0) is 13.6 Å². The van der Waals surface area contributed by atoms with Gasteiger partial charge in [0.25, 0.3) is 0 Å². The van der Waals surface area contributed by atoms with Crippen LogP contribution in [0.3, 0.4) is 0 Å². The molecular formula is C22H31N7O3. The molecule has 0 aliphatic carbocycles. The molecule has 4 rings (SSSR count). The monoisotopic (exact) mass is 441 g/mol. The van der Waals surface area contributed by atoms with Gasteiger partial charge in [0.15, 0.2) is 11.2 Å². The van der Waals surface area contributed by atoms with E-state index in [0.717, 1.165) is 23.6 Å². The minimum absolute atomic E-state index is 0.250. The lowest BCUT2D eigenvalue weighted by atomic mass is 9.73. The second-order valence-corrected chi connectivity index (χ2v) is 9.67. The van der Waals surface area contributed by atoms with Crippen LogP contribution in [0.25, 0.3) is 22.6 Å². The fourth-order valence-corrected chi connectivity index (χ4v) is 4.55. The average Bonchev–Trinajstić information content (AvgIpc) is 3.36. The number of hydrogen-bond acceptors (Lipinski definition) is 6. The van der Waals surface area contributed by atoms with E-state index in [-0.39, 0.29) is 18.1 Å². The first-order valence-corrected chi connectivity index (χ1v) is 10.9. The van der Waals surface area contributed by atoms with Gasteiger partial charge in [0.05, 0.1) is 23.8 Å². The van der Waals surface area contributed by atoms with E-state index in [0.29, 0.717) is 23.5 Å². The molecular weight excluding hydrogens is 410 g/mol. The number of hydrogen-bond donors (Lipinski definition) is 1. The summed E-state index contributed by atoms with van der Waals surface area (Å²) in [5.41, 5.74) is 2.35. The molecule has 0 saturated carbocycles. The van der Waals surface area contributed by atoms with Crippen molar-refractivity contribution >= 4 is 17.3 Å². The van der Waals surface area contributed by atoms with E-state index in [1.54, 1.807) is 0 Å². The number of fused-ring (bicyclic) bond motifs is 1. The first-order chi connectivity index (χ1) is 15.0. The van der Waals surface area contributed by atoms with Crippen molar-refractivity contribution in [1.29, 1.82) is 0 Å². The predicted octanol–water partition coefficient (Wildman–Crippen LogP) is 3.49. The van der Waals surface area contributed by atoms with Crippen LogP contribution in [-0.4, -0.2) is 63.6 Å². The summed E-state index contributed by atoms with van der Waals surface area (Å²) in [6, 6.07) is 0. The summed E-state index contributed by atoms with van der Waals surface area (Å²) in [6.45, 7) is 13.3. The van der Waals surface area contributed by atoms with E-state index in [4.69, 9.17) is 9.72 Å². The number of amides is 1. The maximum absolute atomic E-state index is 12.0. The van der Waals surface area contributed by atoms with Crippen molar-refractivity contribution in [3.05, 3.63) is 18.2 Å². The molecule has 0 spiro atoms. The van der Waals surface area contributed by atoms with E-state index in [1.165, 1.54) is 11.2 Å². The normalized spacial score (nSPS) is 21.5. The van der Waals surface area contributed by atoms with Crippen molar-refractivity contribution in [2.45, 2.75) is 66.2 Å². The molecule has 1 aliphatic heterocycles. The molecule has 1 N–H and O–H groups in total. The highest BCUT2D eigenvalue weighted by Crippen LogP contribution is 2.44. The van der Waals surface area contributed by atoms with E-state index in [9.17, 15) is 9.90 Å². The third-order valence-electron chi connectivity index (χ3n) is 7.00. The van der Waals surface area contributed by atoms with Gasteiger partial charge in [-0.1, -0.05) is 20.8 Å². The number of nitrogens with zero attached hydrogens (tertiary/aromatic N) is 7. The van der Waals surface area contributed by atoms with E-state index < -0.39 is 11.6 Å². The Labute approximate surface area is 187 Å². The topological polar surface area (TPSA) is 111 Å². The van der Waals surface area contributed by atoms with Crippen molar-refractivity contribution in [2.24, 2.45) is 12.5 Å². The SMILES string of the molecule is CCn1ncc(-c2nc3c(OC4CN(C(=O)O)C(C)(C(C)(C)C)C4)ncnc3n2C)c1C. The lowest BCUT2D eigenvalue weighted by Crippen LogP contribution is -2.52. The largest absolute Gasteiger partial charge is 0.471 e. The third-order valence-corrected chi connectivity index (χ3v) is 7.00. The average molecular weight is 442 g/mol. The van der Waals surface area contributed by atoms with Crippen molar-refractivity contribution in [3.8, 4) is 17.3 Å². The highest BCUT2D eigenvalue weighted by Gasteiger charge is 2.52. The molecule has 3 aromatic heterocycles. The molecule has 4 heterocycles. The summed E-state index contributed by atoms with van der Waals surface area (Å²) in [6.07, 6.45) is 2.56. The number of rotatable bonds is 4. The van der Waals surface area contributed by atoms with Gasteiger partial charge in [-0.25, -0.2) is 14.8 Å². The Morgan fingerprint density at radius 1 is 1.34 bits per heavy atom. The number of likely N-dealkylation sites (tertiary alicyclic amines) is 1. The number of carboxylic acid groups (broad SMARTS) is 1. The predicted molar refractivity (Wildman–Crippen MR) is 120 cm³/mol. The van der Waals surface area contributed by atoms with Crippen LogP contribution in [0, 0.1) is 12.3 Å². The molecule has 0 radical (unpaired) electrons. The van der Waals surface area contributed by atoms with Gasteiger partial charge in [-0.05, 0) is 26.2 Å². The smallest absolute Gasteiger partial charge is 0.407 e. The molecule has 0 bridgehead atoms. The van der Waals surface area contributed by atoms with Crippen molar-refractivity contribution < 1.29 is 14.6 Å². The summed E-state index contributed by atoms with van der Waals surface area (Å²) >= 11 is 0. The van der Waals surface area contributed by atoms with Crippen LogP contribution in [0.2, 0.25) is 0 Å². The van der Waals surface area contributed by atoms with Crippen LogP contribution < -0.4 is 4.74 Å².